The molecule has 1 N–H and O–H groups in total. The van der Waals surface area contributed by atoms with Crippen LogP contribution >= 0.6 is 11.8 Å². The molecule has 0 heterocycles. The lowest BCUT2D eigenvalue weighted by molar-refractivity contribution is -0.136. The largest absolute Gasteiger partial charge is 0.481 e. The first-order chi connectivity index (χ1) is 6.70. The van der Waals surface area contributed by atoms with Crippen LogP contribution in [0.5, 0.6) is 0 Å². The predicted molar refractivity (Wildman–Crippen MR) is 56.3 cm³/mol. The SMILES string of the molecule is O=C(O)CCSC(=O)C1CCCCC1. The molecule has 0 saturated heterocycles. The van der Waals surface area contributed by atoms with E-state index in [0.29, 0.717) is 5.75 Å². The zero-order chi connectivity index (χ0) is 10.4. The van der Waals surface area contributed by atoms with Crippen LogP contribution in [0.4, 0.5) is 0 Å². The van der Waals surface area contributed by atoms with Gasteiger partial charge in [-0.15, -0.1) is 0 Å². The molecule has 4 heteroatoms. The Morgan fingerprint density at radius 3 is 2.43 bits per heavy atom. The fraction of sp³-hybridized carbons (Fsp3) is 0.800. The molecule has 1 aliphatic rings. The molecule has 1 saturated carbocycles. The van der Waals surface area contributed by atoms with Crippen molar-refractivity contribution in [2.45, 2.75) is 38.5 Å². The molecule has 0 bridgehead atoms. The molecule has 1 rings (SSSR count). The number of carboxylic acids is 1. The van der Waals surface area contributed by atoms with Gasteiger partial charge >= 0.3 is 5.97 Å². The summed E-state index contributed by atoms with van der Waals surface area (Å²) in [5.74, 6) is -0.207. The highest BCUT2D eigenvalue weighted by Gasteiger charge is 2.21. The number of thioether (sulfide) groups is 1. The smallest absolute Gasteiger partial charge is 0.304 e. The van der Waals surface area contributed by atoms with E-state index in [9.17, 15) is 9.59 Å². The molecule has 0 unspecified atom stereocenters. The van der Waals surface area contributed by atoms with E-state index in [2.05, 4.69) is 0 Å². The Bertz CT molecular complexity index is 209. The van der Waals surface area contributed by atoms with E-state index in [1.54, 1.807) is 0 Å². The Hall–Kier alpha value is -0.510. The Kier molecular flexibility index (Phi) is 5.01. The second kappa shape index (κ2) is 6.06. The summed E-state index contributed by atoms with van der Waals surface area (Å²) in [6, 6.07) is 0. The average molecular weight is 216 g/mol. The molecular formula is C10H16O3S. The molecule has 1 aliphatic carbocycles. The maximum Gasteiger partial charge on any atom is 0.304 e. The zero-order valence-corrected chi connectivity index (χ0v) is 9.02. The van der Waals surface area contributed by atoms with Crippen LogP contribution in [0.1, 0.15) is 38.5 Å². The molecular weight excluding hydrogens is 200 g/mol. The van der Waals surface area contributed by atoms with Crippen LogP contribution in [-0.2, 0) is 9.59 Å². The third-order valence-corrected chi connectivity index (χ3v) is 3.52. The highest BCUT2D eigenvalue weighted by Crippen LogP contribution is 2.28. The molecule has 0 aromatic heterocycles. The maximum absolute atomic E-state index is 11.5. The van der Waals surface area contributed by atoms with Crippen LogP contribution in [0, 0.1) is 5.92 Å². The number of carbonyl (C=O) groups excluding carboxylic acids is 1. The van der Waals surface area contributed by atoms with Gasteiger partial charge in [0, 0.05) is 11.7 Å². The van der Waals surface area contributed by atoms with E-state index in [0.717, 1.165) is 25.7 Å². The summed E-state index contributed by atoms with van der Waals surface area (Å²) in [6.45, 7) is 0. The number of hydrogen-bond acceptors (Lipinski definition) is 3. The predicted octanol–water partition coefficient (Wildman–Crippen LogP) is 2.30. The van der Waals surface area contributed by atoms with Gasteiger partial charge in [0.2, 0.25) is 0 Å². The summed E-state index contributed by atoms with van der Waals surface area (Å²) in [5, 5.41) is 8.61. The van der Waals surface area contributed by atoms with Crippen molar-refractivity contribution in [2.24, 2.45) is 5.92 Å². The van der Waals surface area contributed by atoms with E-state index < -0.39 is 5.97 Å². The van der Waals surface area contributed by atoms with Gasteiger partial charge in [0.15, 0.2) is 5.12 Å². The first-order valence-corrected chi connectivity index (χ1v) is 6.07. The summed E-state index contributed by atoms with van der Waals surface area (Å²) in [4.78, 5) is 21.8. The summed E-state index contributed by atoms with van der Waals surface area (Å²) in [7, 11) is 0. The minimum absolute atomic E-state index is 0.0864. The van der Waals surface area contributed by atoms with Crippen molar-refractivity contribution in [1.82, 2.24) is 0 Å². The minimum atomic E-state index is -0.825. The number of rotatable bonds is 4. The van der Waals surface area contributed by atoms with Gasteiger partial charge in [-0.3, -0.25) is 9.59 Å². The van der Waals surface area contributed by atoms with Gasteiger partial charge in [-0.25, -0.2) is 0 Å². The lowest BCUT2D eigenvalue weighted by Crippen LogP contribution is -2.15. The Morgan fingerprint density at radius 1 is 1.21 bits per heavy atom. The van der Waals surface area contributed by atoms with Crippen molar-refractivity contribution in [3.8, 4) is 0 Å². The average Bonchev–Trinajstić information content (AvgIpc) is 2.18. The molecule has 0 amide bonds. The number of carboxylic acid groups (broad SMARTS) is 1. The number of carbonyl (C=O) groups is 2. The molecule has 14 heavy (non-hydrogen) atoms. The van der Waals surface area contributed by atoms with Crippen LogP contribution in [-0.4, -0.2) is 21.9 Å². The highest BCUT2D eigenvalue weighted by atomic mass is 32.2. The molecule has 1 fully saturated rings. The van der Waals surface area contributed by atoms with Gasteiger partial charge in [0.05, 0.1) is 6.42 Å². The van der Waals surface area contributed by atoms with Gasteiger partial charge in [-0.1, -0.05) is 31.0 Å². The van der Waals surface area contributed by atoms with E-state index in [1.165, 1.54) is 18.2 Å². The highest BCUT2D eigenvalue weighted by molar-refractivity contribution is 8.13. The molecule has 0 aliphatic heterocycles. The molecule has 3 nitrogen and oxygen atoms in total. The third kappa shape index (κ3) is 4.13. The molecule has 0 atom stereocenters. The fourth-order valence-electron chi connectivity index (χ4n) is 1.70. The lowest BCUT2D eigenvalue weighted by Gasteiger charge is -2.19. The molecule has 0 spiro atoms. The summed E-state index contributed by atoms with van der Waals surface area (Å²) < 4.78 is 0. The van der Waals surface area contributed by atoms with Crippen molar-refractivity contribution >= 4 is 22.8 Å². The normalized spacial score (nSPS) is 18.0. The first kappa shape index (κ1) is 11.6. The van der Waals surface area contributed by atoms with Gasteiger partial charge in [-0.05, 0) is 12.8 Å². The van der Waals surface area contributed by atoms with Crippen molar-refractivity contribution in [3.63, 3.8) is 0 Å². The Morgan fingerprint density at radius 2 is 1.86 bits per heavy atom. The van der Waals surface area contributed by atoms with Crippen molar-refractivity contribution in [2.75, 3.05) is 5.75 Å². The standard InChI is InChI=1S/C10H16O3S/c11-9(12)6-7-14-10(13)8-4-2-1-3-5-8/h8H,1-7H2,(H,11,12). The van der Waals surface area contributed by atoms with Gasteiger partial charge in [0.25, 0.3) is 0 Å². The lowest BCUT2D eigenvalue weighted by atomic mass is 9.90. The maximum atomic E-state index is 11.5. The Balaban J connectivity index is 2.16. The van der Waals surface area contributed by atoms with E-state index in [1.807, 2.05) is 0 Å². The first-order valence-electron chi connectivity index (χ1n) is 5.08. The van der Waals surface area contributed by atoms with Crippen LogP contribution in [0.25, 0.3) is 0 Å². The number of hydrogen-bond donors (Lipinski definition) is 1. The summed E-state index contributed by atoms with van der Waals surface area (Å²) in [5.41, 5.74) is 0. The zero-order valence-electron chi connectivity index (χ0n) is 8.20. The van der Waals surface area contributed by atoms with Crippen LogP contribution in [0.3, 0.4) is 0 Å². The monoisotopic (exact) mass is 216 g/mol. The number of aliphatic carboxylic acids is 1. The molecule has 0 radical (unpaired) electrons. The van der Waals surface area contributed by atoms with E-state index in [4.69, 9.17) is 5.11 Å². The summed E-state index contributed by atoms with van der Waals surface area (Å²) in [6.07, 6.45) is 5.62. The topological polar surface area (TPSA) is 54.4 Å². The van der Waals surface area contributed by atoms with E-state index in [-0.39, 0.29) is 17.5 Å². The van der Waals surface area contributed by atoms with Crippen LogP contribution in [0.15, 0.2) is 0 Å². The third-order valence-electron chi connectivity index (χ3n) is 2.50. The van der Waals surface area contributed by atoms with Gasteiger partial charge < -0.3 is 5.11 Å². The second-order valence-electron chi connectivity index (χ2n) is 3.65. The fourth-order valence-corrected chi connectivity index (χ4v) is 2.64. The molecule has 0 aromatic carbocycles. The van der Waals surface area contributed by atoms with E-state index >= 15 is 0 Å². The van der Waals surface area contributed by atoms with Crippen LogP contribution in [0.2, 0.25) is 0 Å². The molecule has 80 valence electrons. The Labute approximate surface area is 88.3 Å². The van der Waals surface area contributed by atoms with Crippen LogP contribution < -0.4 is 0 Å². The quantitative estimate of drug-likeness (QED) is 0.783. The summed E-state index contributed by atoms with van der Waals surface area (Å²) >= 11 is 1.19. The van der Waals surface area contributed by atoms with Crippen molar-refractivity contribution in [3.05, 3.63) is 0 Å². The van der Waals surface area contributed by atoms with Gasteiger partial charge in [-0.2, -0.15) is 0 Å². The minimum Gasteiger partial charge on any atom is -0.481 e. The van der Waals surface area contributed by atoms with Crippen molar-refractivity contribution in [1.29, 1.82) is 0 Å². The van der Waals surface area contributed by atoms with Crippen molar-refractivity contribution < 1.29 is 14.7 Å². The van der Waals surface area contributed by atoms with Gasteiger partial charge in [0.1, 0.15) is 0 Å². The second-order valence-corrected chi connectivity index (χ2v) is 4.75. The molecule has 0 aromatic rings.